The van der Waals surface area contributed by atoms with Gasteiger partial charge in [0.15, 0.2) is 0 Å². The number of carbonyl (C=O) groups is 1. The predicted octanol–water partition coefficient (Wildman–Crippen LogP) is 4.12. The summed E-state index contributed by atoms with van der Waals surface area (Å²) < 4.78 is 0. The highest BCUT2D eigenvalue weighted by atomic mass is 35.5. The summed E-state index contributed by atoms with van der Waals surface area (Å²) in [6.07, 6.45) is 1.50. The van der Waals surface area contributed by atoms with Crippen molar-refractivity contribution in [1.29, 1.82) is 0 Å². The van der Waals surface area contributed by atoms with Crippen molar-refractivity contribution in [2.45, 2.75) is 6.54 Å². The Bertz CT molecular complexity index is 822. The molecule has 0 bridgehead atoms. The zero-order chi connectivity index (χ0) is 16.8. The molecule has 24 heavy (non-hydrogen) atoms. The van der Waals surface area contributed by atoms with E-state index in [1.54, 1.807) is 24.3 Å². The highest BCUT2D eigenvalue weighted by molar-refractivity contribution is 6.30. The Morgan fingerprint density at radius 3 is 2.50 bits per heavy atom. The fourth-order valence-electron chi connectivity index (χ4n) is 2.14. The van der Waals surface area contributed by atoms with Gasteiger partial charge in [0.05, 0.1) is 17.9 Å². The summed E-state index contributed by atoms with van der Waals surface area (Å²) in [6, 6.07) is 18.3. The number of rotatable bonds is 4. The number of carbonyl (C=O) groups excluding carboxylic acids is 1. The molecule has 2 amide bonds. The van der Waals surface area contributed by atoms with Gasteiger partial charge in [-0.3, -0.25) is 0 Å². The highest BCUT2D eigenvalue weighted by Crippen LogP contribution is 2.16. The number of nitrogens with zero attached hydrogens (tertiary/aromatic N) is 2. The average Bonchev–Trinajstić information content (AvgIpc) is 2.63. The van der Waals surface area contributed by atoms with Gasteiger partial charge >= 0.3 is 6.03 Å². The van der Waals surface area contributed by atoms with Gasteiger partial charge in [-0.1, -0.05) is 41.9 Å². The van der Waals surface area contributed by atoms with E-state index in [1.807, 2.05) is 36.4 Å². The number of amides is 2. The second-order valence-electron chi connectivity index (χ2n) is 5.08. The maximum absolute atomic E-state index is 11.9. The average molecular weight is 339 g/mol. The van der Waals surface area contributed by atoms with Crippen LogP contribution in [0.1, 0.15) is 5.69 Å². The first-order valence-electron chi connectivity index (χ1n) is 7.37. The lowest BCUT2D eigenvalue weighted by molar-refractivity contribution is 0.251. The normalized spacial score (nSPS) is 10.2. The second kappa shape index (κ2) is 7.57. The van der Waals surface area contributed by atoms with E-state index in [2.05, 4.69) is 20.6 Å². The lowest BCUT2D eigenvalue weighted by Gasteiger charge is -2.08. The SMILES string of the molecule is O=C(NCc1cc(-c2ccccc2)ncn1)Nc1ccc(Cl)cc1. The van der Waals surface area contributed by atoms with Crippen LogP contribution in [0.2, 0.25) is 5.02 Å². The van der Waals surface area contributed by atoms with E-state index in [9.17, 15) is 4.79 Å². The van der Waals surface area contributed by atoms with Crippen LogP contribution in [0, 0.1) is 0 Å². The summed E-state index contributed by atoms with van der Waals surface area (Å²) in [5, 5.41) is 6.12. The molecule has 2 N–H and O–H groups in total. The summed E-state index contributed by atoms with van der Waals surface area (Å²) in [5.41, 5.74) is 3.23. The number of hydrogen-bond acceptors (Lipinski definition) is 3. The molecule has 0 fully saturated rings. The van der Waals surface area contributed by atoms with Crippen molar-refractivity contribution in [2.75, 3.05) is 5.32 Å². The van der Waals surface area contributed by atoms with Gasteiger partial charge in [-0.25, -0.2) is 14.8 Å². The van der Waals surface area contributed by atoms with Gasteiger partial charge in [-0.2, -0.15) is 0 Å². The van der Waals surface area contributed by atoms with Crippen LogP contribution in [-0.4, -0.2) is 16.0 Å². The predicted molar refractivity (Wildman–Crippen MR) is 94.8 cm³/mol. The van der Waals surface area contributed by atoms with E-state index in [0.717, 1.165) is 17.0 Å². The van der Waals surface area contributed by atoms with E-state index >= 15 is 0 Å². The van der Waals surface area contributed by atoms with Crippen LogP contribution in [0.15, 0.2) is 67.0 Å². The second-order valence-corrected chi connectivity index (χ2v) is 5.51. The van der Waals surface area contributed by atoms with Crippen LogP contribution in [0.5, 0.6) is 0 Å². The van der Waals surface area contributed by atoms with Gasteiger partial charge in [0, 0.05) is 16.3 Å². The Hall–Kier alpha value is -2.92. The minimum absolute atomic E-state index is 0.307. The smallest absolute Gasteiger partial charge is 0.319 e. The first-order chi connectivity index (χ1) is 11.7. The molecule has 0 radical (unpaired) electrons. The summed E-state index contributed by atoms with van der Waals surface area (Å²) in [5.74, 6) is 0. The van der Waals surface area contributed by atoms with Gasteiger partial charge < -0.3 is 10.6 Å². The number of halogens is 1. The van der Waals surface area contributed by atoms with Gasteiger partial charge in [0.1, 0.15) is 6.33 Å². The Morgan fingerprint density at radius 1 is 1.00 bits per heavy atom. The van der Waals surface area contributed by atoms with Crippen LogP contribution in [-0.2, 0) is 6.54 Å². The molecule has 0 aliphatic rings. The first kappa shape index (κ1) is 16.0. The molecule has 0 aliphatic carbocycles. The van der Waals surface area contributed by atoms with Crippen molar-refractivity contribution in [3.63, 3.8) is 0 Å². The molecule has 0 atom stereocenters. The van der Waals surface area contributed by atoms with Crippen molar-refractivity contribution >= 4 is 23.3 Å². The number of hydrogen-bond donors (Lipinski definition) is 2. The molecule has 5 nitrogen and oxygen atoms in total. The molecule has 0 saturated carbocycles. The third kappa shape index (κ3) is 4.30. The van der Waals surface area contributed by atoms with Gasteiger partial charge in [-0.15, -0.1) is 0 Å². The molecule has 3 aromatic rings. The maximum atomic E-state index is 11.9. The Kier molecular flexibility index (Phi) is 5.03. The lowest BCUT2D eigenvalue weighted by Crippen LogP contribution is -2.28. The summed E-state index contributed by atoms with van der Waals surface area (Å²) >= 11 is 5.81. The van der Waals surface area contributed by atoms with E-state index < -0.39 is 0 Å². The molecule has 120 valence electrons. The Balaban J connectivity index is 1.60. The molecule has 1 aromatic heterocycles. The Labute approximate surface area is 144 Å². The van der Waals surface area contributed by atoms with Gasteiger partial charge in [0.2, 0.25) is 0 Å². The van der Waals surface area contributed by atoms with Crippen LogP contribution in [0.3, 0.4) is 0 Å². The molecule has 0 saturated heterocycles. The molecule has 0 aliphatic heterocycles. The van der Waals surface area contributed by atoms with Crippen LogP contribution in [0.4, 0.5) is 10.5 Å². The molecule has 1 heterocycles. The third-order valence-corrected chi connectivity index (χ3v) is 3.58. The molecule has 3 rings (SSSR count). The highest BCUT2D eigenvalue weighted by Gasteiger charge is 2.05. The van der Waals surface area contributed by atoms with Crippen molar-refractivity contribution in [2.24, 2.45) is 0 Å². The summed E-state index contributed by atoms with van der Waals surface area (Å²) in [6.45, 7) is 0.307. The van der Waals surface area contributed by atoms with E-state index in [0.29, 0.717) is 17.3 Å². The molecular formula is C18H15ClN4O. The number of benzene rings is 2. The molecular weight excluding hydrogens is 324 g/mol. The van der Waals surface area contributed by atoms with Crippen molar-refractivity contribution in [3.05, 3.63) is 77.7 Å². The van der Waals surface area contributed by atoms with Gasteiger partial charge in [0.25, 0.3) is 0 Å². The van der Waals surface area contributed by atoms with Gasteiger partial charge in [-0.05, 0) is 30.3 Å². The standard InChI is InChI=1S/C18H15ClN4O/c19-14-6-8-15(9-7-14)23-18(24)20-11-16-10-17(22-12-21-16)13-4-2-1-3-5-13/h1-10,12H,11H2,(H2,20,23,24). The quantitative estimate of drug-likeness (QED) is 0.752. The summed E-state index contributed by atoms with van der Waals surface area (Å²) in [7, 11) is 0. The Morgan fingerprint density at radius 2 is 1.75 bits per heavy atom. The van der Waals surface area contributed by atoms with E-state index in [-0.39, 0.29) is 6.03 Å². The van der Waals surface area contributed by atoms with Crippen LogP contribution >= 0.6 is 11.6 Å². The zero-order valence-electron chi connectivity index (χ0n) is 12.7. The molecule has 0 spiro atoms. The number of aromatic nitrogens is 2. The minimum atomic E-state index is -0.308. The minimum Gasteiger partial charge on any atom is -0.332 e. The molecule has 0 unspecified atom stereocenters. The maximum Gasteiger partial charge on any atom is 0.319 e. The number of urea groups is 1. The van der Waals surface area contributed by atoms with Crippen molar-refractivity contribution in [1.82, 2.24) is 15.3 Å². The van der Waals surface area contributed by atoms with Crippen LogP contribution < -0.4 is 10.6 Å². The van der Waals surface area contributed by atoms with Crippen molar-refractivity contribution in [3.8, 4) is 11.3 Å². The lowest BCUT2D eigenvalue weighted by atomic mass is 10.1. The fourth-order valence-corrected chi connectivity index (χ4v) is 2.27. The topological polar surface area (TPSA) is 66.9 Å². The number of anilines is 1. The zero-order valence-corrected chi connectivity index (χ0v) is 13.5. The molecule has 2 aromatic carbocycles. The third-order valence-electron chi connectivity index (χ3n) is 3.33. The molecule has 6 heteroatoms. The van der Waals surface area contributed by atoms with Crippen molar-refractivity contribution < 1.29 is 4.79 Å². The fraction of sp³-hybridized carbons (Fsp3) is 0.0556. The monoisotopic (exact) mass is 338 g/mol. The number of nitrogens with one attached hydrogen (secondary N) is 2. The first-order valence-corrected chi connectivity index (χ1v) is 7.75. The van der Waals surface area contributed by atoms with E-state index in [4.69, 9.17) is 11.6 Å². The summed E-state index contributed by atoms with van der Waals surface area (Å²) in [4.78, 5) is 20.4. The largest absolute Gasteiger partial charge is 0.332 e. The van der Waals surface area contributed by atoms with E-state index in [1.165, 1.54) is 6.33 Å². The van der Waals surface area contributed by atoms with Crippen LogP contribution in [0.25, 0.3) is 11.3 Å².